The van der Waals surface area contributed by atoms with Gasteiger partial charge < -0.3 is 14.2 Å². The first-order valence-electron chi connectivity index (χ1n) is 9.74. The third-order valence-corrected chi connectivity index (χ3v) is 7.67. The minimum atomic E-state index is -3.55. The Morgan fingerprint density at radius 3 is 2.61 bits per heavy atom. The Morgan fingerprint density at radius 2 is 1.94 bits per heavy atom. The van der Waals surface area contributed by atoms with E-state index in [0.717, 1.165) is 23.2 Å². The molecule has 0 radical (unpaired) electrons. The Bertz CT molecular complexity index is 1170. The van der Waals surface area contributed by atoms with Crippen LogP contribution in [-0.4, -0.2) is 79.5 Å². The second-order valence-electron chi connectivity index (χ2n) is 7.24. The lowest BCUT2D eigenvalue weighted by Crippen LogP contribution is -2.49. The van der Waals surface area contributed by atoms with Crippen molar-refractivity contribution >= 4 is 44.6 Å². The summed E-state index contributed by atoms with van der Waals surface area (Å²) in [5.74, 6) is 1.15. The van der Waals surface area contributed by atoms with E-state index in [-0.39, 0.29) is 16.6 Å². The molecule has 31 heavy (non-hydrogen) atoms. The second kappa shape index (κ2) is 8.85. The first kappa shape index (κ1) is 21.6. The molecular formula is C20H23N5O4S2. The average Bonchev–Trinajstić information content (AvgIpc) is 3.20. The zero-order valence-electron chi connectivity index (χ0n) is 17.3. The third kappa shape index (κ3) is 4.68. The van der Waals surface area contributed by atoms with Gasteiger partial charge >= 0.3 is 0 Å². The summed E-state index contributed by atoms with van der Waals surface area (Å²) in [5, 5.41) is 0.342. The maximum atomic E-state index is 12.6. The van der Waals surface area contributed by atoms with E-state index in [1.165, 1.54) is 38.0 Å². The molecule has 1 aromatic carbocycles. The van der Waals surface area contributed by atoms with Gasteiger partial charge in [0, 0.05) is 46.5 Å². The lowest BCUT2D eigenvalue weighted by atomic mass is 10.3. The Balaban J connectivity index is 1.35. The molecular weight excluding hydrogens is 438 g/mol. The number of piperazine rings is 1. The summed E-state index contributed by atoms with van der Waals surface area (Å²) in [4.78, 5) is 25.4. The molecule has 0 aliphatic carbocycles. The van der Waals surface area contributed by atoms with Crippen LogP contribution in [-0.2, 0) is 14.8 Å². The predicted molar refractivity (Wildman–Crippen MR) is 119 cm³/mol. The number of sulfonamides is 1. The Labute approximate surface area is 185 Å². The molecule has 1 saturated heterocycles. The largest absolute Gasteiger partial charge is 0.431 e. The zero-order chi connectivity index (χ0) is 22.0. The molecule has 0 atom stereocenters. The molecule has 164 valence electrons. The van der Waals surface area contributed by atoms with Crippen molar-refractivity contribution in [3.05, 3.63) is 42.6 Å². The van der Waals surface area contributed by atoms with Gasteiger partial charge in [-0.1, -0.05) is 17.8 Å². The summed E-state index contributed by atoms with van der Waals surface area (Å²) in [6.07, 6.45) is 1.77. The van der Waals surface area contributed by atoms with Gasteiger partial charge in [0.2, 0.25) is 15.9 Å². The molecule has 11 heteroatoms. The number of fused-ring (bicyclic) bond motifs is 1. The van der Waals surface area contributed by atoms with Crippen molar-refractivity contribution in [3.63, 3.8) is 0 Å². The highest BCUT2D eigenvalue weighted by molar-refractivity contribution is 7.99. The minimum Gasteiger partial charge on any atom is -0.431 e. The number of aromatic nitrogens is 2. The smallest absolute Gasteiger partial charge is 0.257 e. The molecule has 0 bridgehead atoms. The lowest BCUT2D eigenvalue weighted by Gasteiger charge is -2.35. The highest BCUT2D eigenvalue weighted by Gasteiger charge is 2.23. The molecule has 1 aliphatic heterocycles. The first-order valence-corrected chi connectivity index (χ1v) is 12.2. The quantitative estimate of drug-likeness (QED) is 0.514. The average molecular weight is 462 g/mol. The van der Waals surface area contributed by atoms with Gasteiger partial charge in [0.1, 0.15) is 11.3 Å². The van der Waals surface area contributed by atoms with Crippen molar-refractivity contribution in [2.75, 3.05) is 50.9 Å². The molecule has 3 heterocycles. The van der Waals surface area contributed by atoms with E-state index in [0.29, 0.717) is 29.4 Å². The van der Waals surface area contributed by atoms with Crippen molar-refractivity contribution in [2.45, 2.75) is 10.1 Å². The van der Waals surface area contributed by atoms with E-state index in [1.807, 2.05) is 23.1 Å². The number of anilines is 1. The van der Waals surface area contributed by atoms with Crippen LogP contribution in [0.5, 0.6) is 0 Å². The number of benzene rings is 1. The number of hydrogen-bond donors (Lipinski definition) is 0. The Kier molecular flexibility index (Phi) is 6.17. The van der Waals surface area contributed by atoms with Gasteiger partial charge in [0.25, 0.3) is 5.22 Å². The molecule has 1 aliphatic rings. The van der Waals surface area contributed by atoms with Crippen LogP contribution in [0.4, 0.5) is 5.82 Å². The molecule has 0 N–H and O–H groups in total. The summed E-state index contributed by atoms with van der Waals surface area (Å²) in [6.45, 7) is 2.74. The van der Waals surface area contributed by atoms with Gasteiger partial charge in [-0.05, 0) is 30.3 Å². The van der Waals surface area contributed by atoms with E-state index >= 15 is 0 Å². The number of pyridine rings is 1. The number of thioether (sulfide) groups is 1. The second-order valence-corrected chi connectivity index (χ2v) is 10.3. The maximum Gasteiger partial charge on any atom is 0.257 e. The molecule has 1 amide bonds. The Morgan fingerprint density at radius 1 is 1.16 bits per heavy atom. The SMILES string of the molecule is CN(C)S(=O)(=O)c1ccc2oc(SCC(=O)N3CCN(c4ccccn4)CC3)nc2c1. The fourth-order valence-electron chi connectivity index (χ4n) is 3.26. The van der Waals surface area contributed by atoms with Gasteiger partial charge in [0.05, 0.1) is 10.6 Å². The Hall–Kier alpha value is -2.63. The standard InChI is InChI=1S/C20H23N5O4S2/c1-23(2)31(27,28)15-6-7-17-16(13-15)22-20(29-17)30-14-19(26)25-11-9-24(10-12-25)18-5-3-4-8-21-18/h3-8,13H,9-12,14H2,1-2H3. The van der Waals surface area contributed by atoms with Crippen LogP contribution in [0.2, 0.25) is 0 Å². The van der Waals surface area contributed by atoms with E-state index in [9.17, 15) is 13.2 Å². The molecule has 1 fully saturated rings. The molecule has 4 rings (SSSR count). The van der Waals surface area contributed by atoms with E-state index in [4.69, 9.17) is 4.42 Å². The summed E-state index contributed by atoms with van der Waals surface area (Å²) in [6, 6.07) is 10.4. The van der Waals surface area contributed by atoms with Crippen LogP contribution in [0.1, 0.15) is 0 Å². The lowest BCUT2D eigenvalue weighted by molar-refractivity contribution is -0.128. The van der Waals surface area contributed by atoms with Crippen molar-refractivity contribution in [2.24, 2.45) is 0 Å². The number of nitrogens with zero attached hydrogens (tertiary/aromatic N) is 5. The number of rotatable bonds is 6. The maximum absolute atomic E-state index is 12.6. The third-order valence-electron chi connectivity index (χ3n) is 5.04. The summed E-state index contributed by atoms with van der Waals surface area (Å²) in [5.41, 5.74) is 0.929. The van der Waals surface area contributed by atoms with Crippen LogP contribution in [0, 0.1) is 0 Å². The van der Waals surface area contributed by atoms with E-state index < -0.39 is 10.0 Å². The highest BCUT2D eigenvalue weighted by atomic mass is 32.2. The van der Waals surface area contributed by atoms with Gasteiger partial charge in [-0.15, -0.1) is 0 Å². The number of oxazole rings is 1. The van der Waals surface area contributed by atoms with Crippen molar-refractivity contribution < 1.29 is 17.6 Å². The first-order chi connectivity index (χ1) is 14.8. The molecule has 2 aromatic heterocycles. The summed E-state index contributed by atoms with van der Waals surface area (Å²) in [7, 11) is -0.593. The van der Waals surface area contributed by atoms with E-state index in [2.05, 4.69) is 14.9 Å². The molecule has 0 spiro atoms. The summed E-state index contributed by atoms with van der Waals surface area (Å²) < 4.78 is 31.4. The summed E-state index contributed by atoms with van der Waals surface area (Å²) >= 11 is 1.21. The number of hydrogen-bond acceptors (Lipinski definition) is 8. The molecule has 0 unspecified atom stereocenters. The highest BCUT2D eigenvalue weighted by Crippen LogP contribution is 2.26. The number of carbonyl (C=O) groups excluding carboxylic acids is 1. The van der Waals surface area contributed by atoms with Gasteiger partial charge in [-0.2, -0.15) is 0 Å². The molecule has 0 saturated carbocycles. The predicted octanol–water partition coefficient (Wildman–Crippen LogP) is 1.91. The number of carbonyl (C=O) groups is 1. The van der Waals surface area contributed by atoms with Crippen LogP contribution in [0.15, 0.2) is 57.1 Å². The van der Waals surface area contributed by atoms with Gasteiger partial charge in [0.15, 0.2) is 5.58 Å². The fraction of sp³-hybridized carbons (Fsp3) is 0.350. The topological polar surface area (TPSA) is 99.8 Å². The van der Waals surface area contributed by atoms with Crippen LogP contribution < -0.4 is 4.90 Å². The monoisotopic (exact) mass is 461 g/mol. The number of amides is 1. The fourth-order valence-corrected chi connectivity index (χ4v) is 4.92. The van der Waals surface area contributed by atoms with Gasteiger partial charge in [-0.3, -0.25) is 4.79 Å². The van der Waals surface area contributed by atoms with Crippen LogP contribution >= 0.6 is 11.8 Å². The van der Waals surface area contributed by atoms with Crippen molar-refractivity contribution in [1.29, 1.82) is 0 Å². The van der Waals surface area contributed by atoms with Crippen LogP contribution in [0.25, 0.3) is 11.1 Å². The minimum absolute atomic E-state index is 0.0174. The molecule has 9 nitrogen and oxygen atoms in total. The van der Waals surface area contributed by atoms with E-state index in [1.54, 1.807) is 12.3 Å². The van der Waals surface area contributed by atoms with Crippen LogP contribution in [0.3, 0.4) is 0 Å². The zero-order valence-corrected chi connectivity index (χ0v) is 18.9. The van der Waals surface area contributed by atoms with Crippen molar-refractivity contribution in [1.82, 2.24) is 19.2 Å². The molecule has 3 aromatic rings. The normalized spacial score (nSPS) is 15.1. The van der Waals surface area contributed by atoms with Gasteiger partial charge in [-0.25, -0.2) is 22.7 Å². The van der Waals surface area contributed by atoms with Crippen molar-refractivity contribution in [3.8, 4) is 0 Å².